The van der Waals surface area contributed by atoms with Gasteiger partial charge in [-0.05, 0) is 51.3 Å². The Balaban J connectivity index is 1.07. The van der Waals surface area contributed by atoms with Gasteiger partial charge in [-0.3, -0.25) is 4.90 Å². The van der Waals surface area contributed by atoms with Crippen LogP contribution in [0.2, 0.25) is 0 Å². The number of piperazine rings is 1. The van der Waals surface area contributed by atoms with Gasteiger partial charge in [-0.1, -0.05) is 12.8 Å². The van der Waals surface area contributed by atoms with E-state index < -0.39 is 6.10 Å². The van der Waals surface area contributed by atoms with Crippen LogP contribution in [0.5, 0.6) is 5.75 Å². The fourth-order valence-electron chi connectivity index (χ4n) is 4.59. The Morgan fingerprint density at radius 3 is 2.71 bits per heavy atom. The number of aliphatic hydroxyl groups is 1. The summed E-state index contributed by atoms with van der Waals surface area (Å²) in [5.74, 6) is 0.776. The standard InChI is InChI=1S/C24H37N3O3S/c1-19-25-23-16-22(8-9-24(23)31-19)30-18-20(28)17-27-13-11-26(12-14-27)10-4-5-15-29-21-6-2-3-7-21/h8-9,16,20-21,28H,2-7,10-15,17-18H2,1H3/t20-/m1/s1. The Bertz CT molecular complexity index is 800. The molecule has 7 heteroatoms. The number of benzene rings is 1. The number of unbranched alkanes of at least 4 members (excludes halogenated alkanes) is 1. The van der Waals surface area contributed by atoms with E-state index in [9.17, 15) is 5.11 Å². The maximum absolute atomic E-state index is 10.4. The lowest BCUT2D eigenvalue weighted by molar-refractivity contribution is 0.0415. The maximum atomic E-state index is 10.4. The first kappa shape index (κ1) is 22.9. The summed E-state index contributed by atoms with van der Waals surface area (Å²) in [5, 5.41) is 11.5. The largest absolute Gasteiger partial charge is 0.491 e. The Kier molecular flexibility index (Phi) is 8.55. The van der Waals surface area contributed by atoms with Crippen molar-refractivity contribution in [1.29, 1.82) is 0 Å². The molecular weight excluding hydrogens is 410 g/mol. The summed E-state index contributed by atoms with van der Waals surface area (Å²) in [4.78, 5) is 9.40. The fourth-order valence-corrected chi connectivity index (χ4v) is 5.40. The highest BCUT2D eigenvalue weighted by Gasteiger charge is 2.20. The molecule has 1 saturated carbocycles. The van der Waals surface area contributed by atoms with E-state index in [-0.39, 0.29) is 0 Å². The van der Waals surface area contributed by atoms with E-state index in [1.807, 2.05) is 25.1 Å². The molecule has 0 radical (unpaired) electrons. The number of aromatic nitrogens is 1. The molecule has 1 atom stereocenters. The Morgan fingerprint density at radius 1 is 1.13 bits per heavy atom. The van der Waals surface area contributed by atoms with Gasteiger partial charge < -0.3 is 19.5 Å². The normalized spacial score (nSPS) is 19.9. The average Bonchev–Trinajstić information content (AvgIpc) is 3.41. The van der Waals surface area contributed by atoms with Crippen molar-refractivity contribution in [3.05, 3.63) is 23.2 Å². The van der Waals surface area contributed by atoms with Gasteiger partial charge in [-0.15, -0.1) is 11.3 Å². The van der Waals surface area contributed by atoms with Crippen molar-refractivity contribution < 1.29 is 14.6 Å². The molecule has 2 fully saturated rings. The van der Waals surface area contributed by atoms with Crippen molar-refractivity contribution in [2.75, 3.05) is 52.5 Å². The minimum Gasteiger partial charge on any atom is -0.491 e. The number of aryl methyl sites for hydroxylation is 1. The molecule has 1 aliphatic carbocycles. The minimum atomic E-state index is -0.479. The number of ether oxygens (including phenoxy) is 2. The third-order valence-electron chi connectivity index (χ3n) is 6.37. The van der Waals surface area contributed by atoms with Crippen LogP contribution in [0.3, 0.4) is 0 Å². The van der Waals surface area contributed by atoms with Gasteiger partial charge in [0, 0.05) is 45.4 Å². The molecule has 172 valence electrons. The van der Waals surface area contributed by atoms with Gasteiger partial charge in [-0.2, -0.15) is 0 Å². The second kappa shape index (κ2) is 11.6. The molecule has 1 saturated heterocycles. The summed E-state index contributed by atoms with van der Waals surface area (Å²) < 4.78 is 13.0. The second-order valence-electron chi connectivity index (χ2n) is 8.95. The summed E-state index contributed by atoms with van der Waals surface area (Å²) in [7, 11) is 0. The lowest BCUT2D eigenvalue weighted by Gasteiger charge is -2.35. The van der Waals surface area contributed by atoms with Gasteiger partial charge in [0.25, 0.3) is 0 Å². The zero-order chi connectivity index (χ0) is 21.5. The lowest BCUT2D eigenvalue weighted by atomic mass is 10.2. The minimum absolute atomic E-state index is 0.315. The number of hydrogen-bond donors (Lipinski definition) is 1. The predicted octanol–water partition coefficient (Wildman–Crippen LogP) is 3.70. The average molecular weight is 448 g/mol. The van der Waals surface area contributed by atoms with Crippen molar-refractivity contribution in [3.63, 3.8) is 0 Å². The van der Waals surface area contributed by atoms with E-state index >= 15 is 0 Å². The van der Waals surface area contributed by atoms with Crippen molar-refractivity contribution in [2.24, 2.45) is 0 Å². The molecule has 0 bridgehead atoms. The highest BCUT2D eigenvalue weighted by atomic mass is 32.1. The van der Waals surface area contributed by atoms with Crippen LogP contribution in [0.15, 0.2) is 18.2 Å². The molecule has 1 aromatic heterocycles. The molecule has 2 aliphatic rings. The molecule has 4 rings (SSSR count). The lowest BCUT2D eigenvalue weighted by Crippen LogP contribution is -2.49. The van der Waals surface area contributed by atoms with Crippen molar-refractivity contribution in [3.8, 4) is 5.75 Å². The first-order valence-electron chi connectivity index (χ1n) is 11.9. The van der Waals surface area contributed by atoms with Gasteiger partial charge >= 0.3 is 0 Å². The van der Waals surface area contributed by atoms with Crippen molar-refractivity contribution in [1.82, 2.24) is 14.8 Å². The Labute approximate surface area is 190 Å². The first-order valence-corrected chi connectivity index (χ1v) is 12.7. The van der Waals surface area contributed by atoms with Gasteiger partial charge in [-0.25, -0.2) is 4.98 Å². The number of aliphatic hydroxyl groups excluding tert-OH is 1. The van der Waals surface area contributed by atoms with E-state index in [1.165, 1.54) is 43.2 Å². The molecule has 0 unspecified atom stereocenters. The molecule has 0 spiro atoms. The highest BCUT2D eigenvalue weighted by molar-refractivity contribution is 7.18. The van der Waals surface area contributed by atoms with Gasteiger partial charge in [0.05, 0.1) is 21.3 Å². The summed E-state index contributed by atoms with van der Waals surface area (Å²) in [5.41, 5.74) is 0.968. The van der Waals surface area contributed by atoms with Crippen LogP contribution in [0.4, 0.5) is 0 Å². The van der Waals surface area contributed by atoms with E-state index in [1.54, 1.807) is 11.3 Å². The first-order chi connectivity index (χ1) is 15.2. The number of hydrogen-bond acceptors (Lipinski definition) is 7. The Morgan fingerprint density at radius 2 is 1.90 bits per heavy atom. The summed E-state index contributed by atoms with van der Waals surface area (Å²) in [6.45, 7) is 9.27. The molecule has 2 aromatic rings. The summed E-state index contributed by atoms with van der Waals surface area (Å²) in [6, 6.07) is 5.97. The van der Waals surface area contributed by atoms with Crippen LogP contribution in [0, 0.1) is 6.92 Å². The zero-order valence-corrected chi connectivity index (χ0v) is 19.6. The molecular formula is C24H37N3O3S. The van der Waals surface area contributed by atoms with E-state index in [0.717, 1.165) is 55.6 Å². The van der Waals surface area contributed by atoms with Crippen LogP contribution in [0.25, 0.3) is 10.2 Å². The fraction of sp³-hybridized carbons (Fsp3) is 0.708. The van der Waals surface area contributed by atoms with E-state index in [0.29, 0.717) is 19.3 Å². The van der Waals surface area contributed by atoms with Crippen LogP contribution < -0.4 is 4.74 Å². The Hall–Kier alpha value is -1.25. The van der Waals surface area contributed by atoms with Crippen LogP contribution in [-0.4, -0.2) is 84.6 Å². The third-order valence-corrected chi connectivity index (χ3v) is 7.32. The smallest absolute Gasteiger partial charge is 0.121 e. The number of thiazole rings is 1. The topological polar surface area (TPSA) is 58.1 Å². The van der Waals surface area contributed by atoms with E-state index in [2.05, 4.69) is 14.8 Å². The van der Waals surface area contributed by atoms with Gasteiger partial charge in [0.15, 0.2) is 0 Å². The van der Waals surface area contributed by atoms with Crippen LogP contribution >= 0.6 is 11.3 Å². The van der Waals surface area contributed by atoms with E-state index in [4.69, 9.17) is 9.47 Å². The monoisotopic (exact) mass is 447 g/mol. The number of rotatable bonds is 11. The quantitative estimate of drug-likeness (QED) is 0.530. The van der Waals surface area contributed by atoms with Gasteiger partial charge in [0.1, 0.15) is 18.5 Å². The molecule has 6 nitrogen and oxygen atoms in total. The number of nitrogens with zero attached hydrogens (tertiary/aromatic N) is 3. The highest BCUT2D eigenvalue weighted by Crippen LogP contribution is 2.25. The number of β-amino-alcohol motifs (C(OH)–C–C–N with tert-alkyl or cyclic N) is 1. The third kappa shape index (κ3) is 7.12. The second-order valence-corrected chi connectivity index (χ2v) is 10.2. The van der Waals surface area contributed by atoms with Crippen molar-refractivity contribution in [2.45, 2.75) is 57.7 Å². The van der Waals surface area contributed by atoms with Crippen molar-refractivity contribution >= 4 is 21.6 Å². The summed E-state index contributed by atoms with van der Waals surface area (Å²) >= 11 is 1.69. The SMILES string of the molecule is Cc1nc2cc(OC[C@H](O)CN3CCN(CCCCOC4CCCC4)CC3)ccc2s1. The molecule has 0 amide bonds. The molecule has 1 aromatic carbocycles. The summed E-state index contributed by atoms with van der Waals surface area (Å²) in [6.07, 6.45) is 7.66. The molecule has 1 aliphatic heterocycles. The zero-order valence-electron chi connectivity index (χ0n) is 18.8. The maximum Gasteiger partial charge on any atom is 0.121 e. The molecule has 2 heterocycles. The molecule has 1 N–H and O–H groups in total. The molecule has 31 heavy (non-hydrogen) atoms. The van der Waals surface area contributed by atoms with Crippen LogP contribution in [-0.2, 0) is 4.74 Å². The van der Waals surface area contributed by atoms with Crippen LogP contribution in [0.1, 0.15) is 43.5 Å². The number of fused-ring (bicyclic) bond motifs is 1. The predicted molar refractivity (Wildman–Crippen MR) is 126 cm³/mol. The van der Waals surface area contributed by atoms with Gasteiger partial charge in [0.2, 0.25) is 0 Å².